The number of carbonyl (C=O) groups excluding carboxylic acids is 1. The van der Waals surface area contributed by atoms with Crippen LogP contribution in [0.25, 0.3) is 0 Å². The molecule has 0 atom stereocenters. The predicted octanol–water partition coefficient (Wildman–Crippen LogP) is 2.93. The summed E-state index contributed by atoms with van der Waals surface area (Å²) in [6.07, 6.45) is 0.251. The van der Waals surface area contributed by atoms with Crippen molar-refractivity contribution in [3.8, 4) is 11.5 Å². The van der Waals surface area contributed by atoms with Gasteiger partial charge in [0, 0.05) is 13.1 Å². The highest BCUT2D eigenvalue weighted by atomic mass is 79.9. The minimum atomic E-state index is -0.0294. The maximum atomic E-state index is 12.5. The summed E-state index contributed by atoms with van der Waals surface area (Å²) in [5, 5.41) is 4.29. The average molecular weight is 353 g/mol. The second kappa shape index (κ2) is 6.30. The Morgan fingerprint density at radius 3 is 2.57 bits per heavy atom. The number of rotatable bonds is 5. The summed E-state index contributed by atoms with van der Waals surface area (Å²) in [5.74, 6) is 1.13. The van der Waals surface area contributed by atoms with E-state index in [0.29, 0.717) is 17.1 Å². The molecule has 0 amide bonds. The lowest BCUT2D eigenvalue weighted by atomic mass is 10.0. The second-order valence-corrected chi connectivity index (χ2v) is 5.43. The van der Waals surface area contributed by atoms with Crippen LogP contribution in [0.4, 0.5) is 0 Å². The van der Waals surface area contributed by atoms with E-state index < -0.39 is 0 Å². The van der Waals surface area contributed by atoms with E-state index >= 15 is 0 Å². The Bertz CT molecular complexity index is 680. The Hall–Kier alpha value is -1.82. The summed E-state index contributed by atoms with van der Waals surface area (Å²) in [6, 6.07) is 5.17. The average Bonchev–Trinajstić information content (AvgIpc) is 2.72. The molecule has 0 radical (unpaired) electrons. The molecule has 1 aromatic carbocycles. The molecular weight excluding hydrogens is 336 g/mol. The van der Waals surface area contributed by atoms with E-state index in [0.717, 1.165) is 15.9 Å². The van der Waals surface area contributed by atoms with Crippen molar-refractivity contribution in [1.29, 1.82) is 0 Å². The van der Waals surface area contributed by atoms with Crippen molar-refractivity contribution in [2.45, 2.75) is 13.3 Å². The predicted molar refractivity (Wildman–Crippen MR) is 83.2 cm³/mol. The van der Waals surface area contributed by atoms with Gasteiger partial charge in [-0.15, -0.1) is 0 Å². The summed E-state index contributed by atoms with van der Waals surface area (Å²) >= 11 is 3.47. The number of aromatic nitrogens is 2. The minimum absolute atomic E-state index is 0.0294. The van der Waals surface area contributed by atoms with Gasteiger partial charge in [0.1, 0.15) is 11.5 Å². The summed E-state index contributed by atoms with van der Waals surface area (Å²) in [6.45, 7) is 1.89. The Labute approximate surface area is 132 Å². The fourth-order valence-electron chi connectivity index (χ4n) is 2.15. The SMILES string of the molecule is COc1ccc(C(=O)Cc2c(Br)c(C)nn2C)c(OC)c1. The second-order valence-electron chi connectivity index (χ2n) is 4.64. The molecule has 5 nitrogen and oxygen atoms in total. The smallest absolute Gasteiger partial charge is 0.172 e. The van der Waals surface area contributed by atoms with E-state index in [1.54, 1.807) is 30.0 Å². The van der Waals surface area contributed by atoms with Crippen molar-refractivity contribution in [2.75, 3.05) is 14.2 Å². The van der Waals surface area contributed by atoms with Gasteiger partial charge in [-0.2, -0.15) is 5.10 Å². The van der Waals surface area contributed by atoms with E-state index in [1.807, 2.05) is 14.0 Å². The molecule has 0 bridgehead atoms. The van der Waals surface area contributed by atoms with Crippen molar-refractivity contribution < 1.29 is 14.3 Å². The zero-order valence-corrected chi connectivity index (χ0v) is 14.0. The van der Waals surface area contributed by atoms with Crippen LogP contribution in [0, 0.1) is 6.92 Å². The van der Waals surface area contributed by atoms with Crippen molar-refractivity contribution in [3.63, 3.8) is 0 Å². The quantitative estimate of drug-likeness (QED) is 0.776. The monoisotopic (exact) mass is 352 g/mol. The van der Waals surface area contributed by atoms with Crippen molar-refractivity contribution in [1.82, 2.24) is 9.78 Å². The molecule has 0 fully saturated rings. The fourth-order valence-corrected chi connectivity index (χ4v) is 2.62. The van der Waals surface area contributed by atoms with Gasteiger partial charge in [0.15, 0.2) is 5.78 Å². The van der Waals surface area contributed by atoms with Crippen LogP contribution < -0.4 is 9.47 Å². The molecule has 0 N–H and O–H groups in total. The van der Waals surface area contributed by atoms with Gasteiger partial charge >= 0.3 is 0 Å². The molecule has 1 heterocycles. The lowest BCUT2D eigenvalue weighted by Crippen LogP contribution is -2.10. The number of nitrogens with zero attached hydrogens (tertiary/aromatic N) is 2. The maximum Gasteiger partial charge on any atom is 0.172 e. The van der Waals surface area contributed by atoms with Crippen molar-refractivity contribution in [2.24, 2.45) is 7.05 Å². The highest BCUT2D eigenvalue weighted by Gasteiger charge is 2.18. The third kappa shape index (κ3) is 3.10. The van der Waals surface area contributed by atoms with Crippen LogP contribution in [0.3, 0.4) is 0 Å². The third-order valence-electron chi connectivity index (χ3n) is 3.30. The summed E-state index contributed by atoms with van der Waals surface area (Å²) in [7, 11) is 4.94. The molecule has 0 aliphatic heterocycles. The number of methoxy groups -OCH3 is 2. The first-order chi connectivity index (χ1) is 9.97. The van der Waals surface area contributed by atoms with E-state index in [4.69, 9.17) is 9.47 Å². The highest BCUT2D eigenvalue weighted by Crippen LogP contribution is 2.27. The van der Waals surface area contributed by atoms with Crippen LogP contribution in [-0.2, 0) is 13.5 Å². The summed E-state index contributed by atoms with van der Waals surface area (Å²) in [4.78, 5) is 12.5. The molecule has 0 saturated heterocycles. The molecule has 21 heavy (non-hydrogen) atoms. The highest BCUT2D eigenvalue weighted by molar-refractivity contribution is 9.10. The van der Waals surface area contributed by atoms with Gasteiger partial charge in [0.2, 0.25) is 0 Å². The number of Topliss-reactive ketones (excluding diaryl/α,β-unsaturated/α-hetero) is 1. The first kappa shape index (κ1) is 15.6. The van der Waals surface area contributed by atoms with Gasteiger partial charge in [-0.05, 0) is 35.0 Å². The van der Waals surface area contributed by atoms with Crippen molar-refractivity contribution >= 4 is 21.7 Å². The first-order valence-corrected chi connectivity index (χ1v) is 7.20. The zero-order chi connectivity index (χ0) is 15.6. The summed E-state index contributed by atoms with van der Waals surface area (Å²) in [5.41, 5.74) is 2.24. The number of ketones is 1. The van der Waals surface area contributed by atoms with E-state index in [-0.39, 0.29) is 12.2 Å². The largest absolute Gasteiger partial charge is 0.497 e. The molecule has 1 aromatic heterocycles. The molecule has 0 aliphatic rings. The van der Waals surface area contributed by atoms with Crippen LogP contribution in [0.2, 0.25) is 0 Å². The molecule has 6 heteroatoms. The third-order valence-corrected chi connectivity index (χ3v) is 4.33. The standard InChI is InChI=1S/C15H17BrN2O3/c1-9-15(16)12(18(2)17-9)8-13(19)11-6-5-10(20-3)7-14(11)21-4/h5-7H,8H2,1-4H3. The Kier molecular flexibility index (Phi) is 4.67. The Balaban J connectivity index is 2.32. The number of halogens is 1. The van der Waals surface area contributed by atoms with Gasteiger partial charge in [0.25, 0.3) is 0 Å². The molecular formula is C15H17BrN2O3. The van der Waals surface area contributed by atoms with Gasteiger partial charge in [-0.25, -0.2) is 0 Å². The Morgan fingerprint density at radius 1 is 1.33 bits per heavy atom. The van der Waals surface area contributed by atoms with Crippen LogP contribution >= 0.6 is 15.9 Å². The van der Waals surface area contributed by atoms with Gasteiger partial charge < -0.3 is 9.47 Å². The topological polar surface area (TPSA) is 53.3 Å². The summed E-state index contributed by atoms with van der Waals surface area (Å²) < 4.78 is 13.0. The number of aryl methyl sites for hydroxylation is 2. The van der Waals surface area contributed by atoms with E-state index in [2.05, 4.69) is 21.0 Å². The van der Waals surface area contributed by atoms with Crippen molar-refractivity contribution in [3.05, 3.63) is 39.6 Å². The molecule has 2 aromatic rings. The number of hydrogen-bond acceptors (Lipinski definition) is 4. The van der Waals surface area contributed by atoms with E-state index in [9.17, 15) is 4.79 Å². The molecule has 0 spiro atoms. The van der Waals surface area contributed by atoms with Gasteiger partial charge in [-0.3, -0.25) is 9.48 Å². The molecule has 112 valence electrons. The van der Waals surface area contributed by atoms with Crippen LogP contribution in [0.1, 0.15) is 21.7 Å². The molecule has 0 aliphatic carbocycles. The van der Waals surface area contributed by atoms with Crippen LogP contribution in [-0.4, -0.2) is 29.8 Å². The number of benzene rings is 1. The minimum Gasteiger partial charge on any atom is -0.497 e. The lowest BCUT2D eigenvalue weighted by molar-refractivity contribution is 0.0987. The van der Waals surface area contributed by atoms with E-state index in [1.165, 1.54) is 7.11 Å². The van der Waals surface area contributed by atoms with Crippen LogP contribution in [0.5, 0.6) is 11.5 Å². The number of hydrogen-bond donors (Lipinski definition) is 0. The Morgan fingerprint density at radius 2 is 2.05 bits per heavy atom. The molecule has 2 rings (SSSR count). The zero-order valence-electron chi connectivity index (χ0n) is 12.4. The molecule has 0 saturated carbocycles. The van der Waals surface area contributed by atoms with Crippen LogP contribution in [0.15, 0.2) is 22.7 Å². The number of carbonyl (C=O) groups is 1. The maximum absolute atomic E-state index is 12.5. The fraction of sp³-hybridized carbons (Fsp3) is 0.333. The lowest BCUT2D eigenvalue weighted by Gasteiger charge is -2.10. The van der Waals surface area contributed by atoms with Gasteiger partial charge in [0.05, 0.1) is 42.1 Å². The molecule has 0 unspecified atom stereocenters. The first-order valence-electron chi connectivity index (χ1n) is 6.41. The normalized spacial score (nSPS) is 10.5. The van der Waals surface area contributed by atoms with Gasteiger partial charge in [-0.1, -0.05) is 0 Å². The number of ether oxygens (including phenoxy) is 2.